The monoisotopic (exact) mass is 510 g/mol. The normalized spacial score (nSPS) is 24.4. The van der Waals surface area contributed by atoms with Crippen LogP contribution in [0.25, 0.3) is 0 Å². The highest BCUT2D eigenvalue weighted by molar-refractivity contribution is 7.98. The molecule has 2 aromatic rings. The zero-order valence-electron chi connectivity index (χ0n) is 20.6. The number of hydrogen-bond donors (Lipinski definition) is 3. The van der Waals surface area contributed by atoms with Crippen LogP contribution in [0.5, 0.6) is 5.88 Å². The predicted octanol–water partition coefficient (Wildman–Crippen LogP) is 2.44. The average Bonchev–Trinajstić information content (AvgIpc) is 3.14. The molecule has 0 saturated carbocycles. The first-order valence-corrected chi connectivity index (χ1v) is 12.7. The summed E-state index contributed by atoms with van der Waals surface area (Å²) in [7, 11) is 0. The van der Waals surface area contributed by atoms with Crippen LogP contribution in [-0.2, 0) is 20.6 Å². The maximum absolute atomic E-state index is 11.5. The second-order valence-electron chi connectivity index (χ2n) is 8.56. The second kappa shape index (κ2) is 12.1. The molecule has 0 radical (unpaired) electrons. The van der Waals surface area contributed by atoms with E-state index >= 15 is 0 Å². The van der Waals surface area contributed by atoms with E-state index in [9.17, 15) is 20.1 Å². The Kier molecular flexibility index (Phi) is 9.42. The van der Waals surface area contributed by atoms with Gasteiger partial charge in [0.25, 0.3) is 0 Å². The molecular formula is C24H34N2O8S. The fourth-order valence-corrected chi connectivity index (χ4v) is 4.25. The van der Waals surface area contributed by atoms with Gasteiger partial charge in [-0.1, -0.05) is 12.1 Å². The van der Waals surface area contributed by atoms with E-state index in [0.717, 1.165) is 21.7 Å². The Morgan fingerprint density at radius 3 is 2.43 bits per heavy atom. The number of aromatic nitrogens is 2. The molecule has 1 aromatic carbocycles. The van der Waals surface area contributed by atoms with Gasteiger partial charge in [0.15, 0.2) is 0 Å². The summed E-state index contributed by atoms with van der Waals surface area (Å²) in [5.74, 6) is 0.253. The molecule has 3 rings (SSSR count). The van der Waals surface area contributed by atoms with Crippen LogP contribution in [0.2, 0.25) is 0 Å². The minimum Gasteiger partial charge on any atom is -0.443 e. The number of nitrogens with zero attached hydrogens (tertiary/aromatic N) is 2. The smallest absolute Gasteiger partial charge is 0.443 e. The van der Waals surface area contributed by atoms with Crippen LogP contribution in [0.1, 0.15) is 43.6 Å². The summed E-state index contributed by atoms with van der Waals surface area (Å²) in [6.45, 7) is 7.30. The van der Waals surface area contributed by atoms with Crippen molar-refractivity contribution in [2.24, 2.45) is 0 Å². The highest BCUT2D eigenvalue weighted by Crippen LogP contribution is 2.31. The standard InChI is InChI=1S/C24H34N2O8S/c1-6-31-24(30)32-12-18-19(27)20(28)21(29)23(33-18)34-22-17(14(4)26(25-22)13(2)3)11-15-7-9-16(35-5)10-8-15/h7-10,13,18-21,23,27-29H,6,11-12H2,1-5H3/t18-,19-,20+,21-,23+/m1/s1. The number of hydrogen-bond acceptors (Lipinski definition) is 10. The van der Waals surface area contributed by atoms with Crippen LogP contribution in [0.15, 0.2) is 29.2 Å². The minimum atomic E-state index is -1.58. The van der Waals surface area contributed by atoms with Crippen LogP contribution in [0, 0.1) is 6.92 Å². The third-order valence-corrected chi connectivity index (χ3v) is 6.53. The summed E-state index contributed by atoms with van der Waals surface area (Å²) in [5.41, 5.74) is 2.77. The van der Waals surface area contributed by atoms with E-state index in [1.54, 1.807) is 18.7 Å². The molecule has 11 heteroatoms. The number of thioether (sulfide) groups is 1. The van der Waals surface area contributed by atoms with Crippen LogP contribution in [0.4, 0.5) is 4.79 Å². The average molecular weight is 511 g/mol. The lowest BCUT2D eigenvalue weighted by atomic mass is 9.99. The quantitative estimate of drug-likeness (QED) is 0.341. The van der Waals surface area contributed by atoms with Crippen molar-refractivity contribution in [2.45, 2.75) is 75.8 Å². The summed E-state index contributed by atoms with van der Waals surface area (Å²) in [6, 6.07) is 8.22. The van der Waals surface area contributed by atoms with E-state index in [1.165, 1.54) is 0 Å². The van der Waals surface area contributed by atoms with Crippen molar-refractivity contribution >= 4 is 17.9 Å². The Balaban J connectivity index is 1.83. The van der Waals surface area contributed by atoms with Crippen LogP contribution in [0.3, 0.4) is 0 Å². The number of carbonyl (C=O) groups is 1. The first-order chi connectivity index (χ1) is 16.7. The van der Waals surface area contributed by atoms with Gasteiger partial charge < -0.3 is 34.3 Å². The van der Waals surface area contributed by atoms with Crippen LogP contribution in [-0.4, -0.2) is 81.4 Å². The summed E-state index contributed by atoms with van der Waals surface area (Å²) in [5, 5.41) is 35.8. The number of carbonyl (C=O) groups excluding carboxylic acids is 1. The molecule has 0 amide bonds. The van der Waals surface area contributed by atoms with E-state index in [1.807, 2.05) is 56.0 Å². The topological polar surface area (TPSA) is 132 Å². The van der Waals surface area contributed by atoms with Crippen molar-refractivity contribution in [1.29, 1.82) is 0 Å². The number of ether oxygens (including phenoxy) is 4. The molecule has 35 heavy (non-hydrogen) atoms. The molecule has 1 fully saturated rings. The van der Waals surface area contributed by atoms with Crippen LogP contribution < -0.4 is 4.74 Å². The summed E-state index contributed by atoms with van der Waals surface area (Å²) >= 11 is 1.66. The van der Waals surface area contributed by atoms with E-state index < -0.39 is 43.5 Å². The lowest BCUT2D eigenvalue weighted by molar-refractivity contribution is -0.278. The molecule has 3 N–H and O–H groups in total. The van der Waals surface area contributed by atoms with Crippen molar-refractivity contribution in [3.63, 3.8) is 0 Å². The Morgan fingerprint density at radius 1 is 1.14 bits per heavy atom. The van der Waals surface area contributed by atoms with Crippen LogP contribution >= 0.6 is 11.8 Å². The highest BCUT2D eigenvalue weighted by atomic mass is 32.2. The van der Waals surface area contributed by atoms with Gasteiger partial charge in [0.05, 0.1) is 6.61 Å². The molecule has 0 aliphatic carbocycles. The third kappa shape index (κ3) is 6.47. The molecule has 0 unspecified atom stereocenters. The van der Waals surface area contributed by atoms with Crippen molar-refractivity contribution in [1.82, 2.24) is 9.78 Å². The van der Waals surface area contributed by atoms with E-state index in [0.29, 0.717) is 6.42 Å². The molecule has 0 bridgehead atoms. The number of benzene rings is 1. The maximum atomic E-state index is 11.5. The Hall–Kier alpha value is -2.31. The predicted molar refractivity (Wildman–Crippen MR) is 129 cm³/mol. The summed E-state index contributed by atoms with van der Waals surface area (Å²) < 4.78 is 23.1. The van der Waals surface area contributed by atoms with Gasteiger partial charge in [0.2, 0.25) is 12.2 Å². The molecule has 10 nitrogen and oxygen atoms in total. The molecule has 1 aromatic heterocycles. The van der Waals surface area contributed by atoms with Gasteiger partial charge in [0, 0.05) is 28.6 Å². The lowest BCUT2D eigenvalue weighted by Gasteiger charge is -2.39. The first kappa shape index (κ1) is 27.3. The maximum Gasteiger partial charge on any atom is 0.508 e. The molecule has 1 aliphatic rings. The SMILES string of the molecule is CCOC(=O)OC[C@H]1O[C@@H](Oc2nn(C(C)C)c(C)c2Cc2ccc(SC)cc2)[C@H](O)[C@@H](O)[C@@H]1O. The largest absolute Gasteiger partial charge is 0.508 e. The first-order valence-electron chi connectivity index (χ1n) is 11.5. The van der Waals surface area contributed by atoms with Gasteiger partial charge in [-0.25, -0.2) is 4.79 Å². The Morgan fingerprint density at radius 2 is 1.83 bits per heavy atom. The molecular weight excluding hydrogens is 476 g/mol. The van der Waals surface area contributed by atoms with E-state index in [2.05, 4.69) is 5.10 Å². The zero-order valence-corrected chi connectivity index (χ0v) is 21.4. The van der Waals surface area contributed by atoms with E-state index in [4.69, 9.17) is 18.9 Å². The van der Waals surface area contributed by atoms with Gasteiger partial charge in [-0.3, -0.25) is 4.68 Å². The summed E-state index contributed by atoms with van der Waals surface area (Å²) in [6.07, 6.45) is -5.50. The van der Waals surface area contributed by atoms with Gasteiger partial charge in [-0.15, -0.1) is 16.9 Å². The Labute approximate surface area is 209 Å². The number of aliphatic hydroxyl groups is 3. The van der Waals surface area contributed by atoms with Crippen molar-refractivity contribution in [2.75, 3.05) is 19.5 Å². The molecule has 194 valence electrons. The van der Waals surface area contributed by atoms with Gasteiger partial charge in [-0.05, 0) is 51.6 Å². The van der Waals surface area contributed by atoms with Gasteiger partial charge in [-0.2, -0.15) is 0 Å². The third-order valence-electron chi connectivity index (χ3n) is 5.79. The molecule has 5 atom stereocenters. The number of rotatable bonds is 9. The number of aliphatic hydroxyl groups excluding tert-OH is 3. The van der Waals surface area contributed by atoms with Crippen molar-refractivity contribution in [3.8, 4) is 5.88 Å². The molecule has 2 heterocycles. The molecule has 1 aliphatic heterocycles. The van der Waals surface area contributed by atoms with Gasteiger partial charge in [0.1, 0.15) is 31.0 Å². The lowest BCUT2D eigenvalue weighted by Crippen LogP contribution is -2.60. The van der Waals surface area contributed by atoms with Crippen molar-refractivity contribution < 1.29 is 39.1 Å². The second-order valence-corrected chi connectivity index (χ2v) is 9.44. The Bertz CT molecular complexity index is 981. The van der Waals surface area contributed by atoms with Crippen molar-refractivity contribution in [3.05, 3.63) is 41.1 Å². The molecule has 1 saturated heterocycles. The van der Waals surface area contributed by atoms with Gasteiger partial charge >= 0.3 is 6.16 Å². The van der Waals surface area contributed by atoms with E-state index in [-0.39, 0.29) is 18.5 Å². The summed E-state index contributed by atoms with van der Waals surface area (Å²) in [4.78, 5) is 12.7. The zero-order chi connectivity index (χ0) is 25.7. The fraction of sp³-hybridized carbons (Fsp3) is 0.583. The fourth-order valence-electron chi connectivity index (χ4n) is 3.85. The molecule has 0 spiro atoms. The highest BCUT2D eigenvalue weighted by Gasteiger charge is 2.46. The minimum absolute atomic E-state index is 0.0558.